The molecule has 46 heavy (non-hydrogen) atoms. The fourth-order valence-corrected chi connectivity index (χ4v) is 6.06. The van der Waals surface area contributed by atoms with Crippen LogP contribution in [0.15, 0.2) is 85.0 Å². The van der Waals surface area contributed by atoms with Gasteiger partial charge in [-0.05, 0) is 97.5 Å². The second-order valence-corrected chi connectivity index (χ2v) is 12.2. The average molecular weight is 624 g/mol. The summed E-state index contributed by atoms with van der Waals surface area (Å²) in [5.74, 6) is 0.761. The van der Waals surface area contributed by atoms with Crippen LogP contribution in [0.4, 0.5) is 11.4 Å². The zero-order chi connectivity index (χ0) is 32.1. The summed E-state index contributed by atoms with van der Waals surface area (Å²) >= 11 is 0. The van der Waals surface area contributed by atoms with Crippen molar-refractivity contribution in [1.29, 1.82) is 0 Å². The van der Waals surface area contributed by atoms with E-state index in [4.69, 9.17) is 14.2 Å². The third kappa shape index (κ3) is 9.32. The average Bonchev–Trinajstić information content (AvgIpc) is 3.27. The van der Waals surface area contributed by atoms with Gasteiger partial charge in [0.25, 0.3) is 5.91 Å². The Morgan fingerprint density at radius 2 is 1.78 bits per heavy atom. The van der Waals surface area contributed by atoms with Crippen molar-refractivity contribution in [2.24, 2.45) is 0 Å². The van der Waals surface area contributed by atoms with E-state index >= 15 is 0 Å². The SMILES string of the molecule is C=CCN1CCC(C(=O)Nc2ccc(CN(C)C3CCOCC3)cc2)=Cc2cc(-c3ccc(OCCOCCCC)cc3)ccc21. The van der Waals surface area contributed by atoms with Crippen LogP contribution in [-0.4, -0.2) is 70.0 Å². The van der Waals surface area contributed by atoms with Gasteiger partial charge in [-0.15, -0.1) is 6.58 Å². The summed E-state index contributed by atoms with van der Waals surface area (Å²) in [6.07, 6.45) is 8.96. The van der Waals surface area contributed by atoms with Gasteiger partial charge in [0.2, 0.25) is 0 Å². The molecule has 2 aliphatic rings. The van der Waals surface area contributed by atoms with E-state index in [1.165, 1.54) is 5.56 Å². The first-order chi connectivity index (χ1) is 22.5. The molecule has 0 saturated carbocycles. The number of benzene rings is 3. The van der Waals surface area contributed by atoms with Crippen LogP contribution in [-0.2, 0) is 20.8 Å². The highest BCUT2D eigenvalue weighted by molar-refractivity contribution is 6.07. The largest absolute Gasteiger partial charge is 0.491 e. The Balaban J connectivity index is 1.25. The standard InChI is InChI=1S/C39H49N3O4/c1-4-6-22-44-25-26-46-37-14-9-31(10-15-37)32-11-16-38-34(27-32)28-33(17-21-42(38)20-5-2)39(43)40-35-12-7-30(8-13-35)29-41(3)36-18-23-45-24-19-36/h5,7-16,27-28,36H,2,4,6,17-26,29H2,1,3H3,(H,40,43). The van der Waals surface area contributed by atoms with Gasteiger partial charge < -0.3 is 24.4 Å². The topological polar surface area (TPSA) is 63.3 Å². The predicted molar refractivity (Wildman–Crippen MR) is 188 cm³/mol. The van der Waals surface area contributed by atoms with E-state index in [0.29, 0.717) is 32.2 Å². The van der Waals surface area contributed by atoms with Gasteiger partial charge in [0, 0.05) is 62.4 Å². The molecule has 1 N–H and O–H groups in total. The number of anilines is 2. The van der Waals surface area contributed by atoms with Crippen molar-refractivity contribution in [3.8, 4) is 16.9 Å². The van der Waals surface area contributed by atoms with Crippen molar-refractivity contribution in [2.75, 3.05) is 63.4 Å². The van der Waals surface area contributed by atoms with Crippen LogP contribution in [0.3, 0.4) is 0 Å². The zero-order valence-electron chi connectivity index (χ0n) is 27.5. The fourth-order valence-electron chi connectivity index (χ4n) is 6.06. The van der Waals surface area contributed by atoms with Crippen LogP contribution in [0.2, 0.25) is 0 Å². The molecule has 0 aliphatic carbocycles. The van der Waals surface area contributed by atoms with Gasteiger partial charge in [0.15, 0.2) is 0 Å². The molecule has 0 aromatic heterocycles. The number of unbranched alkanes of at least 4 members (excludes halogenated alkanes) is 1. The second-order valence-electron chi connectivity index (χ2n) is 12.2. The Morgan fingerprint density at radius 1 is 1.02 bits per heavy atom. The summed E-state index contributed by atoms with van der Waals surface area (Å²) in [4.78, 5) is 18.2. The van der Waals surface area contributed by atoms with Crippen molar-refractivity contribution in [2.45, 2.75) is 51.6 Å². The number of nitrogens with zero attached hydrogens (tertiary/aromatic N) is 2. The second kappa shape index (κ2) is 17.1. The Bertz CT molecular complexity index is 1450. The van der Waals surface area contributed by atoms with Crippen LogP contribution in [0.1, 0.15) is 50.2 Å². The lowest BCUT2D eigenvalue weighted by atomic mass is 10.00. The Hall–Kier alpha value is -3.91. The van der Waals surface area contributed by atoms with E-state index in [2.05, 4.69) is 78.1 Å². The highest BCUT2D eigenvalue weighted by atomic mass is 16.5. The monoisotopic (exact) mass is 623 g/mol. The number of amides is 1. The molecule has 2 heterocycles. The molecule has 3 aromatic rings. The number of nitrogens with one attached hydrogen (secondary N) is 1. The lowest BCUT2D eigenvalue weighted by Crippen LogP contribution is -2.36. The number of hydrogen-bond acceptors (Lipinski definition) is 6. The summed E-state index contributed by atoms with van der Waals surface area (Å²) in [5, 5.41) is 3.15. The molecule has 7 heteroatoms. The summed E-state index contributed by atoms with van der Waals surface area (Å²) in [6.45, 7) is 12.0. The minimum atomic E-state index is -0.0657. The summed E-state index contributed by atoms with van der Waals surface area (Å²) < 4.78 is 17.0. The molecule has 0 atom stereocenters. The van der Waals surface area contributed by atoms with Crippen LogP contribution in [0.5, 0.6) is 5.75 Å². The minimum absolute atomic E-state index is 0.0657. The van der Waals surface area contributed by atoms with Gasteiger partial charge in [-0.3, -0.25) is 9.69 Å². The molecule has 1 amide bonds. The van der Waals surface area contributed by atoms with Crippen molar-refractivity contribution in [1.82, 2.24) is 4.90 Å². The normalized spacial score (nSPS) is 15.2. The van der Waals surface area contributed by atoms with Crippen LogP contribution < -0.4 is 15.0 Å². The molecule has 1 saturated heterocycles. The summed E-state index contributed by atoms with van der Waals surface area (Å²) in [5.41, 5.74) is 7.11. The number of rotatable bonds is 15. The van der Waals surface area contributed by atoms with E-state index in [1.807, 2.05) is 36.4 Å². The predicted octanol–water partition coefficient (Wildman–Crippen LogP) is 7.58. The Kier molecular flexibility index (Phi) is 12.5. The summed E-state index contributed by atoms with van der Waals surface area (Å²) in [6, 6.07) is 23.4. The quantitative estimate of drug-likeness (QED) is 0.139. The third-order valence-corrected chi connectivity index (χ3v) is 8.77. The lowest BCUT2D eigenvalue weighted by Gasteiger charge is -2.31. The van der Waals surface area contributed by atoms with Crippen LogP contribution in [0.25, 0.3) is 17.2 Å². The van der Waals surface area contributed by atoms with Crippen LogP contribution in [0, 0.1) is 0 Å². The number of ether oxygens (including phenoxy) is 3. The maximum Gasteiger partial charge on any atom is 0.251 e. The Labute approximate surface area is 274 Å². The van der Waals surface area contributed by atoms with Crippen LogP contribution >= 0.6 is 0 Å². The van der Waals surface area contributed by atoms with E-state index in [1.54, 1.807) is 0 Å². The van der Waals surface area contributed by atoms with Gasteiger partial charge in [0.05, 0.1) is 6.61 Å². The van der Waals surface area contributed by atoms with E-state index in [9.17, 15) is 4.79 Å². The number of fused-ring (bicyclic) bond motifs is 1. The molecule has 3 aromatic carbocycles. The third-order valence-electron chi connectivity index (χ3n) is 8.77. The maximum atomic E-state index is 13.6. The first-order valence-electron chi connectivity index (χ1n) is 16.7. The van der Waals surface area contributed by atoms with Crippen molar-refractivity contribution in [3.05, 3.63) is 96.1 Å². The van der Waals surface area contributed by atoms with Crippen molar-refractivity contribution >= 4 is 23.4 Å². The zero-order valence-corrected chi connectivity index (χ0v) is 27.5. The van der Waals surface area contributed by atoms with Gasteiger partial charge >= 0.3 is 0 Å². The molecule has 244 valence electrons. The molecule has 0 unspecified atom stereocenters. The first kappa shape index (κ1) is 33.5. The molecule has 1 fully saturated rings. The highest BCUT2D eigenvalue weighted by Crippen LogP contribution is 2.33. The van der Waals surface area contributed by atoms with E-state index < -0.39 is 0 Å². The fraction of sp³-hybridized carbons (Fsp3) is 0.410. The molecule has 7 nitrogen and oxygen atoms in total. The van der Waals surface area contributed by atoms with Gasteiger partial charge in [-0.25, -0.2) is 0 Å². The number of carbonyl (C=O) groups is 1. The first-order valence-corrected chi connectivity index (χ1v) is 16.7. The van der Waals surface area contributed by atoms with Gasteiger partial charge in [-0.2, -0.15) is 0 Å². The van der Waals surface area contributed by atoms with E-state index in [-0.39, 0.29) is 5.91 Å². The molecular formula is C39H49N3O4. The lowest BCUT2D eigenvalue weighted by molar-refractivity contribution is -0.112. The Morgan fingerprint density at radius 3 is 2.52 bits per heavy atom. The minimum Gasteiger partial charge on any atom is -0.491 e. The number of hydrogen-bond donors (Lipinski definition) is 1. The molecule has 0 radical (unpaired) electrons. The maximum absolute atomic E-state index is 13.6. The number of carbonyl (C=O) groups excluding carboxylic acids is 1. The highest BCUT2D eigenvalue weighted by Gasteiger charge is 2.21. The molecule has 0 bridgehead atoms. The summed E-state index contributed by atoms with van der Waals surface area (Å²) in [7, 11) is 2.18. The van der Waals surface area contributed by atoms with E-state index in [0.717, 1.165) is 98.0 Å². The molecule has 0 spiro atoms. The van der Waals surface area contributed by atoms with Crippen molar-refractivity contribution in [3.63, 3.8) is 0 Å². The van der Waals surface area contributed by atoms with Gasteiger partial charge in [-0.1, -0.05) is 49.8 Å². The van der Waals surface area contributed by atoms with Gasteiger partial charge in [0.1, 0.15) is 12.4 Å². The smallest absolute Gasteiger partial charge is 0.251 e. The molecular weight excluding hydrogens is 574 g/mol. The molecule has 5 rings (SSSR count). The van der Waals surface area contributed by atoms with Crippen molar-refractivity contribution < 1.29 is 19.0 Å². The molecule has 2 aliphatic heterocycles.